The molecular formula is C9H10BrNO. The number of nitrogens with one attached hydrogen (secondary N) is 1. The minimum atomic E-state index is 0.921. The van der Waals surface area contributed by atoms with Crippen LogP contribution in [0.5, 0.6) is 5.75 Å². The van der Waals surface area contributed by atoms with Crippen LogP contribution in [0.25, 0.3) is 0 Å². The maximum absolute atomic E-state index is 5.16. The van der Waals surface area contributed by atoms with Crippen LogP contribution in [-0.4, -0.2) is 13.7 Å². The lowest BCUT2D eigenvalue weighted by molar-refractivity contribution is 0.414. The Morgan fingerprint density at radius 1 is 1.50 bits per heavy atom. The van der Waals surface area contributed by atoms with Crippen molar-refractivity contribution in [2.24, 2.45) is 0 Å². The molecule has 0 saturated carbocycles. The quantitative estimate of drug-likeness (QED) is 0.796. The van der Waals surface area contributed by atoms with Crippen molar-refractivity contribution in [3.63, 3.8) is 0 Å². The molecule has 1 aliphatic heterocycles. The van der Waals surface area contributed by atoms with Gasteiger partial charge in [0, 0.05) is 11.0 Å². The second-order valence-corrected chi connectivity index (χ2v) is 3.67. The van der Waals surface area contributed by atoms with Crippen LogP contribution in [-0.2, 0) is 6.42 Å². The number of hydrogen-bond donors (Lipinski definition) is 1. The van der Waals surface area contributed by atoms with E-state index < -0.39 is 0 Å². The summed E-state index contributed by atoms with van der Waals surface area (Å²) in [6, 6.07) is 4.07. The summed E-state index contributed by atoms with van der Waals surface area (Å²) in [7, 11) is 1.69. The van der Waals surface area contributed by atoms with Gasteiger partial charge in [-0.2, -0.15) is 0 Å². The number of methoxy groups -OCH3 is 1. The molecule has 0 bridgehead atoms. The smallest absolute Gasteiger partial charge is 0.120 e. The molecule has 2 rings (SSSR count). The molecule has 0 saturated heterocycles. The maximum atomic E-state index is 5.16. The Morgan fingerprint density at radius 2 is 2.33 bits per heavy atom. The van der Waals surface area contributed by atoms with Crippen molar-refractivity contribution >= 4 is 21.6 Å². The molecule has 0 amide bonds. The molecule has 0 atom stereocenters. The molecule has 1 N–H and O–H groups in total. The predicted molar refractivity (Wildman–Crippen MR) is 52.9 cm³/mol. The van der Waals surface area contributed by atoms with E-state index in [0.29, 0.717) is 0 Å². The van der Waals surface area contributed by atoms with Crippen molar-refractivity contribution < 1.29 is 4.74 Å². The molecule has 2 nitrogen and oxygen atoms in total. The van der Waals surface area contributed by atoms with Gasteiger partial charge in [0.05, 0.1) is 12.8 Å². The standard InChI is InChI=1S/C9H10BrNO/c1-12-7-4-6-2-3-11-9(6)8(10)5-7/h4-5,11H,2-3H2,1H3. The zero-order valence-electron chi connectivity index (χ0n) is 6.86. The molecule has 0 unspecified atom stereocenters. The highest BCUT2D eigenvalue weighted by Gasteiger charge is 2.14. The van der Waals surface area contributed by atoms with Gasteiger partial charge in [-0.25, -0.2) is 0 Å². The molecule has 0 radical (unpaired) electrons. The number of benzene rings is 1. The second-order valence-electron chi connectivity index (χ2n) is 2.82. The Hall–Kier alpha value is -0.700. The van der Waals surface area contributed by atoms with E-state index >= 15 is 0 Å². The van der Waals surface area contributed by atoms with Crippen LogP contribution in [0, 0.1) is 0 Å². The first-order chi connectivity index (χ1) is 5.81. The number of halogens is 1. The molecule has 1 aromatic carbocycles. The summed E-state index contributed by atoms with van der Waals surface area (Å²) >= 11 is 3.50. The first-order valence-corrected chi connectivity index (χ1v) is 4.71. The number of rotatable bonds is 1. The Balaban J connectivity index is 2.51. The first-order valence-electron chi connectivity index (χ1n) is 3.91. The summed E-state index contributed by atoms with van der Waals surface area (Å²) in [6.07, 6.45) is 1.09. The van der Waals surface area contributed by atoms with E-state index in [1.54, 1.807) is 7.11 Å². The summed E-state index contributed by atoms with van der Waals surface area (Å²) in [4.78, 5) is 0. The number of ether oxygens (including phenoxy) is 1. The van der Waals surface area contributed by atoms with Crippen LogP contribution in [0.15, 0.2) is 16.6 Å². The van der Waals surface area contributed by atoms with Gasteiger partial charge in [0.1, 0.15) is 5.75 Å². The van der Waals surface area contributed by atoms with Crippen LogP contribution in [0.2, 0.25) is 0 Å². The molecule has 0 aromatic heterocycles. The van der Waals surface area contributed by atoms with Crippen molar-refractivity contribution in [2.75, 3.05) is 19.0 Å². The molecular weight excluding hydrogens is 218 g/mol. The highest BCUT2D eigenvalue weighted by Crippen LogP contribution is 2.34. The van der Waals surface area contributed by atoms with Crippen LogP contribution in [0.3, 0.4) is 0 Å². The normalized spacial score (nSPS) is 13.8. The molecule has 0 aliphatic carbocycles. The van der Waals surface area contributed by atoms with Gasteiger partial charge in [0.2, 0.25) is 0 Å². The fourth-order valence-electron chi connectivity index (χ4n) is 1.47. The van der Waals surface area contributed by atoms with E-state index in [4.69, 9.17) is 4.74 Å². The lowest BCUT2D eigenvalue weighted by Crippen LogP contribution is -1.91. The fraction of sp³-hybridized carbons (Fsp3) is 0.333. The van der Waals surface area contributed by atoms with Gasteiger partial charge in [-0.15, -0.1) is 0 Å². The van der Waals surface area contributed by atoms with Gasteiger partial charge in [-0.05, 0) is 40.0 Å². The third-order valence-electron chi connectivity index (χ3n) is 2.08. The van der Waals surface area contributed by atoms with Gasteiger partial charge in [-0.1, -0.05) is 0 Å². The fourth-order valence-corrected chi connectivity index (χ4v) is 2.09. The Bertz CT molecular complexity index is 312. The molecule has 12 heavy (non-hydrogen) atoms. The molecule has 1 aliphatic rings. The van der Waals surface area contributed by atoms with Crippen molar-refractivity contribution in [3.05, 3.63) is 22.2 Å². The van der Waals surface area contributed by atoms with Crippen molar-refractivity contribution in [2.45, 2.75) is 6.42 Å². The third kappa shape index (κ3) is 1.18. The minimum Gasteiger partial charge on any atom is -0.497 e. The van der Waals surface area contributed by atoms with E-state index in [-0.39, 0.29) is 0 Å². The molecule has 0 fully saturated rings. The summed E-state index contributed by atoms with van der Waals surface area (Å²) in [5, 5.41) is 3.32. The van der Waals surface area contributed by atoms with Crippen LogP contribution < -0.4 is 10.1 Å². The SMILES string of the molecule is COc1cc(Br)c2c(c1)CCN2. The number of anilines is 1. The second kappa shape index (κ2) is 2.98. The molecule has 0 spiro atoms. The van der Waals surface area contributed by atoms with E-state index in [9.17, 15) is 0 Å². The van der Waals surface area contributed by atoms with E-state index in [0.717, 1.165) is 23.2 Å². The molecule has 1 heterocycles. The minimum absolute atomic E-state index is 0.921. The van der Waals surface area contributed by atoms with Crippen molar-refractivity contribution in [1.29, 1.82) is 0 Å². The first kappa shape index (κ1) is 7.92. The lowest BCUT2D eigenvalue weighted by atomic mass is 10.1. The summed E-state index contributed by atoms with van der Waals surface area (Å²) < 4.78 is 6.25. The van der Waals surface area contributed by atoms with Crippen LogP contribution in [0.4, 0.5) is 5.69 Å². The molecule has 64 valence electrons. The third-order valence-corrected chi connectivity index (χ3v) is 2.70. The van der Waals surface area contributed by atoms with Gasteiger partial charge in [-0.3, -0.25) is 0 Å². The average molecular weight is 228 g/mol. The lowest BCUT2D eigenvalue weighted by Gasteiger charge is -2.05. The van der Waals surface area contributed by atoms with Crippen LogP contribution in [0.1, 0.15) is 5.56 Å². The van der Waals surface area contributed by atoms with Crippen molar-refractivity contribution in [3.8, 4) is 5.75 Å². The van der Waals surface area contributed by atoms with E-state index in [1.807, 2.05) is 6.07 Å². The topological polar surface area (TPSA) is 21.3 Å². The Morgan fingerprint density at radius 3 is 3.08 bits per heavy atom. The van der Waals surface area contributed by atoms with Gasteiger partial charge < -0.3 is 10.1 Å². The average Bonchev–Trinajstić information content (AvgIpc) is 2.52. The summed E-state index contributed by atoms with van der Waals surface area (Å²) in [5.74, 6) is 0.921. The highest BCUT2D eigenvalue weighted by molar-refractivity contribution is 9.10. The van der Waals surface area contributed by atoms with E-state index in [1.165, 1.54) is 11.3 Å². The Kier molecular flexibility index (Phi) is 1.97. The molecule has 1 aromatic rings. The van der Waals surface area contributed by atoms with Gasteiger partial charge in [0.15, 0.2) is 0 Å². The van der Waals surface area contributed by atoms with Gasteiger partial charge >= 0.3 is 0 Å². The van der Waals surface area contributed by atoms with Crippen LogP contribution >= 0.6 is 15.9 Å². The number of fused-ring (bicyclic) bond motifs is 1. The maximum Gasteiger partial charge on any atom is 0.120 e. The largest absolute Gasteiger partial charge is 0.497 e. The number of hydrogen-bond acceptors (Lipinski definition) is 2. The summed E-state index contributed by atoms with van der Waals surface area (Å²) in [5.41, 5.74) is 2.55. The monoisotopic (exact) mass is 227 g/mol. The van der Waals surface area contributed by atoms with E-state index in [2.05, 4.69) is 27.3 Å². The summed E-state index contributed by atoms with van der Waals surface area (Å²) in [6.45, 7) is 1.03. The Labute approximate surface area is 80.1 Å². The van der Waals surface area contributed by atoms with Crippen molar-refractivity contribution in [1.82, 2.24) is 0 Å². The van der Waals surface area contributed by atoms with Gasteiger partial charge in [0.25, 0.3) is 0 Å². The highest BCUT2D eigenvalue weighted by atomic mass is 79.9. The predicted octanol–water partition coefficient (Wildman–Crippen LogP) is 2.43. The molecule has 3 heteroatoms. The zero-order chi connectivity index (χ0) is 8.55. The zero-order valence-corrected chi connectivity index (χ0v) is 8.44.